The fourth-order valence-electron chi connectivity index (χ4n) is 2.51. The van der Waals surface area contributed by atoms with Crippen LogP contribution in [0.5, 0.6) is 0 Å². The third-order valence-electron chi connectivity index (χ3n) is 3.84. The molecule has 2 heterocycles. The van der Waals surface area contributed by atoms with Crippen molar-refractivity contribution in [2.24, 2.45) is 0 Å². The second kappa shape index (κ2) is 7.04. The van der Waals surface area contributed by atoms with Crippen LogP contribution in [0.15, 0.2) is 36.5 Å². The largest absolute Gasteiger partial charge is 0.341 e. The van der Waals surface area contributed by atoms with Crippen molar-refractivity contribution in [3.8, 4) is 0 Å². The van der Waals surface area contributed by atoms with Crippen LogP contribution in [0.4, 0.5) is 23.1 Å². The SMILES string of the molecule is CCS(=O)(=O)Nc1ccc(Nc2ccnc(N3CCCC3)n2)cc1. The number of hydrogen-bond donors (Lipinski definition) is 2. The highest BCUT2D eigenvalue weighted by Gasteiger charge is 2.15. The molecular weight excluding hydrogens is 326 g/mol. The molecule has 1 saturated heterocycles. The Hall–Kier alpha value is -2.35. The first-order valence-electron chi connectivity index (χ1n) is 8.01. The Kier molecular flexibility index (Phi) is 4.84. The number of anilines is 4. The van der Waals surface area contributed by atoms with Gasteiger partial charge in [-0.1, -0.05) is 0 Å². The van der Waals surface area contributed by atoms with Crippen LogP contribution in [0, 0.1) is 0 Å². The number of nitrogens with zero attached hydrogens (tertiary/aromatic N) is 3. The molecule has 0 radical (unpaired) electrons. The van der Waals surface area contributed by atoms with Crippen molar-refractivity contribution in [2.75, 3.05) is 33.8 Å². The molecule has 1 aromatic carbocycles. The van der Waals surface area contributed by atoms with Crippen LogP contribution in [0.1, 0.15) is 19.8 Å². The van der Waals surface area contributed by atoms with Crippen molar-refractivity contribution >= 4 is 33.2 Å². The lowest BCUT2D eigenvalue weighted by Crippen LogP contribution is -2.20. The molecule has 1 aliphatic heterocycles. The molecule has 1 aromatic heterocycles. The van der Waals surface area contributed by atoms with E-state index in [-0.39, 0.29) is 5.75 Å². The molecule has 1 aliphatic rings. The van der Waals surface area contributed by atoms with Gasteiger partial charge in [-0.2, -0.15) is 4.98 Å². The Labute approximate surface area is 142 Å². The predicted octanol–water partition coefficient (Wildman–Crippen LogP) is 2.58. The maximum absolute atomic E-state index is 11.6. The lowest BCUT2D eigenvalue weighted by molar-refractivity contribution is 0.602. The van der Waals surface area contributed by atoms with Gasteiger partial charge in [-0.05, 0) is 50.1 Å². The summed E-state index contributed by atoms with van der Waals surface area (Å²) < 4.78 is 25.6. The van der Waals surface area contributed by atoms with Crippen molar-refractivity contribution in [1.82, 2.24) is 9.97 Å². The molecule has 0 spiro atoms. The second-order valence-corrected chi connectivity index (χ2v) is 7.65. The number of hydrogen-bond acceptors (Lipinski definition) is 6. The van der Waals surface area contributed by atoms with Gasteiger partial charge in [-0.3, -0.25) is 4.72 Å². The van der Waals surface area contributed by atoms with Gasteiger partial charge in [-0.15, -0.1) is 0 Å². The van der Waals surface area contributed by atoms with Crippen LogP contribution in [0.3, 0.4) is 0 Å². The number of rotatable bonds is 6. The van der Waals surface area contributed by atoms with E-state index < -0.39 is 10.0 Å². The van der Waals surface area contributed by atoms with E-state index in [0.29, 0.717) is 11.5 Å². The first kappa shape index (κ1) is 16.5. The normalized spacial score (nSPS) is 14.6. The maximum atomic E-state index is 11.6. The Morgan fingerprint density at radius 2 is 1.75 bits per heavy atom. The Morgan fingerprint density at radius 3 is 2.42 bits per heavy atom. The topological polar surface area (TPSA) is 87.2 Å². The summed E-state index contributed by atoms with van der Waals surface area (Å²) in [6, 6.07) is 8.87. The first-order valence-corrected chi connectivity index (χ1v) is 9.66. The molecule has 128 valence electrons. The fraction of sp³-hybridized carbons (Fsp3) is 0.375. The molecule has 8 heteroatoms. The van der Waals surface area contributed by atoms with Gasteiger partial charge in [-0.25, -0.2) is 13.4 Å². The third kappa shape index (κ3) is 4.14. The van der Waals surface area contributed by atoms with Gasteiger partial charge in [0.05, 0.1) is 5.75 Å². The highest BCUT2D eigenvalue weighted by atomic mass is 32.2. The van der Waals surface area contributed by atoms with Crippen molar-refractivity contribution in [1.29, 1.82) is 0 Å². The molecular formula is C16H21N5O2S. The third-order valence-corrected chi connectivity index (χ3v) is 5.15. The van der Waals surface area contributed by atoms with Crippen LogP contribution in [0.2, 0.25) is 0 Å². The number of aromatic nitrogens is 2. The summed E-state index contributed by atoms with van der Waals surface area (Å²) in [7, 11) is -3.26. The molecule has 0 bridgehead atoms. The van der Waals surface area contributed by atoms with Crippen LogP contribution in [-0.2, 0) is 10.0 Å². The second-order valence-electron chi connectivity index (χ2n) is 5.64. The van der Waals surface area contributed by atoms with Crippen molar-refractivity contribution < 1.29 is 8.42 Å². The Bertz CT molecular complexity index is 786. The molecule has 24 heavy (non-hydrogen) atoms. The lowest BCUT2D eigenvalue weighted by atomic mass is 10.3. The molecule has 2 aromatic rings. The molecule has 0 unspecified atom stereocenters. The molecule has 7 nitrogen and oxygen atoms in total. The van der Waals surface area contributed by atoms with Crippen molar-refractivity contribution in [3.05, 3.63) is 36.5 Å². The van der Waals surface area contributed by atoms with E-state index in [1.54, 1.807) is 25.3 Å². The molecule has 1 fully saturated rings. The monoisotopic (exact) mass is 347 g/mol. The lowest BCUT2D eigenvalue weighted by Gasteiger charge is -2.15. The number of sulfonamides is 1. The summed E-state index contributed by atoms with van der Waals surface area (Å²) in [5.41, 5.74) is 1.38. The average molecular weight is 347 g/mol. The van der Waals surface area contributed by atoms with Crippen LogP contribution < -0.4 is 14.9 Å². The zero-order valence-corrected chi connectivity index (χ0v) is 14.4. The Morgan fingerprint density at radius 1 is 1.08 bits per heavy atom. The average Bonchev–Trinajstić information content (AvgIpc) is 3.11. The fourth-order valence-corrected chi connectivity index (χ4v) is 3.15. The van der Waals surface area contributed by atoms with Crippen LogP contribution >= 0.6 is 0 Å². The van der Waals surface area contributed by atoms with E-state index in [1.807, 2.05) is 18.2 Å². The van der Waals surface area contributed by atoms with E-state index in [9.17, 15) is 8.42 Å². The van der Waals surface area contributed by atoms with E-state index in [1.165, 1.54) is 12.8 Å². The van der Waals surface area contributed by atoms with Gasteiger partial charge < -0.3 is 10.2 Å². The Balaban J connectivity index is 1.69. The molecule has 3 rings (SSSR count). The first-order chi connectivity index (χ1) is 11.6. The minimum Gasteiger partial charge on any atom is -0.341 e. The molecule has 0 aliphatic carbocycles. The van der Waals surface area contributed by atoms with Gasteiger partial charge in [0.15, 0.2) is 0 Å². The van der Waals surface area contributed by atoms with Gasteiger partial charge in [0, 0.05) is 30.7 Å². The highest BCUT2D eigenvalue weighted by molar-refractivity contribution is 7.92. The number of nitrogens with one attached hydrogen (secondary N) is 2. The maximum Gasteiger partial charge on any atom is 0.232 e. The van der Waals surface area contributed by atoms with Crippen LogP contribution in [-0.4, -0.2) is 37.2 Å². The van der Waals surface area contributed by atoms with Crippen molar-refractivity contribution in [3.63, 3.8) is 0 Å². The molecule has 2 N–H and O–H groups in total. The zero-order chi connectivity index (χ0) is 17.0. The van der Waals surface area contributed by atoms with Gasteiger partial charge in [0.2, 0.25) is 16.0 Å². The minimum atomic E-state index is -3.26. The smallest absolute Gasteiger partial charge is 0.232 e. The summed E-state index contributed by atoms with van der Waals surface area (Å²) >= 11 is 0. The van der Waals surface area contributed by atoms with E-state index in [4.69, 9.17) is 0 Å². The summed E-state index contributed by atoms with van der Waals surface area (Å²) in [5, 5.41) is 3.22. The van der Waals surface area contributed by atoms with Crippen LogP contribution in [0.25, 0.3) is 0 Å². The summed E-state index contributed by atoms with van der Waals surface area (Å²) in [6.07, 6.45) is 4.10. The van der Waals surface area contributed by atoms with E-state index in [0.717, 1.165) is 24.7 Å². The minimum absolute atomic E-state index is 0.0488. The van der Waals surface area contributed by atoms with E-state index >= 15 is 0 Å². The van der Waals surface area contributed by atoms with Gasteiger partial charge in [0.25, 0.3) is 0 Å². The van der Waals surface area contributed by atoms with Gasteiger partial charge >= 0.3 is 0 Å². The summed E-state index contributed by atoms with van der Waals surface area (Å²) in [4.78, 5) is 11.0. The summed E-state index contributed by atoms with van der Waals surface area (Å²) in [6.45, 7) is 3.59. The standard InChI is InChI=1S/C16H21N5O2S/c1-2-24(22,23)20-14-7-5-13(6-8-14)18-15-9-10-17-16(19-15)21-11-3-4-12-21/h5-10,20H,2-4,11-12H2,1H3,(H,17,18,19). The molecule has 0 atom stereocenters. The predicted molar refractivity (Wildman–Crippen MR) is 96.3 cm³/mol. The van der Waals surface area contributed by atoms with Crippen molar-refractivity contribution in [2.45, 2.75) is 19.8 Å². The highest BCUT2D eigenvalue weighted by Crippen LogP contribution is 2.21. The molecule has 0 amide bonds. The zero-order valence-electron chi connectivity index (χ0n) is 13.6. The molecule has 0 saturated carbocycles. The van der Waals surface area contributed by atoms with Gasteiger partial charge in [0.1, 0.15) is 5.82 Å². The number of benzene rings is 1. The quantitative estimate of drug-likeness (QED) is 0.835. The summed E-state index contributed by atoms with van der Waals surface area (Å²) in [5.74, 6) is 1.51. The van der Waals surface area contributed by atoms with E-state index in [2.05, 4.69) is 24.9 Å².